The molecule has 0 aromatic heterocycles. The van der Waals surface area contributed by atoms with Crippen molar-refractivity contribution in [1.29, 1.82) is 0 Å². The van der Waals surface area contributed by atoms with E-state index in [1.165, 1.54) is 0 Å². The second kappa shape index (κ2) is 5.94. The fourth-order valence-electron chi connectivity index (χ4n) is 2.07. The number of fused-ring (bicyclic) bond motifs is 1. The van der Waals surface area contributed by atoms with Crippen LogP contribution in [-0.4, -0.2) is 49.3 Å². The number of hydrogen-bond donors (Lipinski definition) is 5. The van der Waals surface area contributed by atoms with Gasteiger partial charge in [0.05, 0.1) is 16.4 Å². The van der Waals surface area contributed by atoms with E-state index in [1.807, 2.05) is 0 Å². The van der Waals surface area contributed by atoms with Gasteiger partial charge < -0.3 is 15.5 Å². The summed E-state index contributed by atoms with van der Waals surface area (Å²) in [5.74, 6) is -0.530. The van der Waals surface area contributed by atoms with Crippen LogP contribution < -0.4 is 5.32 Å². The van der Waals surface area contributed by atoms with Gasteiger partial charge in [0, 0.05) is 23.7 Å². The van der Waals surface area contributed by atoms with E-state index in [1.54, 1.807) is 0 Å². The Hall–Kier alpha value is -1.92. The molecule has 0 radical (unpaired) electrons. The normalized spacial score (nSPS) is 12.5. The number of nitrogens with one attached hydrogen (secondary N) is 1. The predicted octanol–water partition coefficient (Wildman–Crippen LogP) is 0.443. The summed E-state index contributed by atoms with van der Waals surface area (Å²) in [7, 11) is -9.23. The Kier molecular flexibility index (Phi) is 4.50. The van der Waals surface area contributed by atoms with Crippen molar-refractivity contribution in [2.45, 2.75) is 9.79 Å². The van der Waals surface area contributed by atoms with Gasteiger partial charge in [0.2, 0.25) is 0 Å². The van der Waals surface area contributed by atoms with Crippen molar-refractivity contribution in [3.05, 3.63) is 24.3 Å². The molecule has 0 spiro atoms. The van der Waals surface area contributed by atoms with E-state index in [-0.39, 0.29) is 29.6 Å². The maximum absolute atomic E-state index is 11.3. The molecular formula is C12H13NO8S2. The number of rotatable bonds is 5. The molecule has 126 valence electrons. The molecule has 0 heterocycles. The van der Waals surface area contributed by atoms with Crippen LogP contribution in [0.2, 0.25) is 0 Å². The third kappa shape index (κ3) is 3.71. The van der Waals surface area contributed by atoms with Crippen LogP contribution in [0.25, 0.3) is 10.8 Å². The van der Waals surface area contributed by atoms with Gasteiger partial charge in [0.15, 0.2) is 0 Å². The summed E-state index contributed by atoms with van der Waals surface area (Å²) in [6.07, 6.45) is 0. The van der Waals surface area contributed by atoms with Crippen molar-refractivity contribution in [2.75, 3.05) is 18.5 Å². The largest absolute Gasteiger partial charge is 0.507 e. The van der Waals surface area contributed by atoms with Gasteiger partial charge in [-0.1, -0.05) is 0 Å². The predicted molar refractivity (Wildman–Crippen MR) is 80.8 cm³/mol. The third-order valence-corrected chi connectivity index (χ3v) is 4.66. The number of phenols is 1. The van der Waals surface area contributed by atoms with Crippen LogP contribution in [0.5, 0.6) is 5.75 Å². The van der Waals surface area contributed by atoms with Gasteiger partial charge in [-0.2, -0.15) is 16.8 Å². The van der Waals surface area contributed by atoms with Crippen LogP contribution in [0, 0.1) is 0 Å². The third-order valence-electron chi connectivity index (χ3n) is 3.00. The summed E-state index contributed by atoms with van der Waals surface area (Å²) in [5, 5.41) is 21.5. The number of aliphatic hydroxyl groups is 1. The number of aliphatic hydroxyl groups excluding tert-OH is 1. The lowest BCUT2D eigenvalue weighted by molar-refractivity contribution is 0.311. The van der Waals surface area contributed by atoms with Crippen molar-refractivity contribution in [2.24, 2.45) is 0 Å². The first kappa shape index (κ1) is 17.4. The summed E-state index contributed by atoms with van der Waals surface area (Å²) in [6, 6.07) is 3.72. The van der Waals surface area contributed by atoms with E-state index in [9.17, 15) is 21.9 Å². The molecule has 9 nitrogen and oxygen atoms in total. The minimum atomic E-state index is -4.63. The average molecular weight is 363 g/mol. The maximum atomic E-state index is 11.3. The number of anilines is 1. The lowest BCUT2D eigenvalue weighted by Crippen LogP contribution is -2.08. The molecule has 2 aromatic rings. The minimum Gasteiger partial charge on any atom is -0.507 e. The van der Waals surface area contributed by atoms with Crippen molar-refractivity contribution in [1.82, 2.24) is 0 Å². The summed E-state index contributed by atoms with van der Waals surface area (Å²) in [4.78, 5) is -1.18. The summed E-state index contributed by atoms with van der Waals surface area (Å²) >= 11 is 0. The fourth-order valence-corrected chi connectivity index (χ4v) is 3.15. The first-order chi connectivity index (χ1) is 10.5. The topological polar surface area (TPSA) is 161 Å². The molecule has 0 unspecified atom stereocenters. The van der Waals surface area contributed by atoms with Crippen LogP contribution in [0.3, 0.4) is 0 Å². The zero-order valence-corrected chi connectivity index (χ0v) is 13.1. The molecule has 0 atom stereocenters. The number of hydrogen-bond acceptors (Lipinski definition) is 7. The van der Waals surface area contributed by atoms with Crippen LogP contribution in [0.15, 0.2) is 34.1 Å². The van der Waals surface area contributed by atoms with E-state index in [4.69, 9.17) is 14.2 Å². The summed E-state index contributed by atoms with van der Waals surface area (Å²) in [5.41, 5.74) is 0.0589. The smallest absolute Gasteiger partial charge is 0.294 e. The molecule has 5 N–H and O–H groups in total. The molecule has 23 heavy (non-hydrogen) atoms. The van der Waals surface area contributed by atoms with E-state index < -0.39 is 35.8 Å². The molecule has 0 fully saturated rings. The van der Waals surface area contributed by atoms with Gasteiger partial charge in [-0.05, 0) is 23.6 Å². The van der Waals surface area contributed by atoms with Crippen LogP contribution >= 0.6 is 0 Å². The van der Waals surface area contributed by atoms with E-state index in [0.29, 0.717) is 0 Å². The van der Waals surface area contributed by atoms with Crippen molar-refractivity contribution < 1.29 is 36.2 Å². The lowest BCUT2D eigenvalue weighted by Gasteiger charge is -2.13. The van der Waals surface area contributed by atoms with Crippen molar-refractivity contribution in [3.63, 3.8) is 0 Å². The Morgan fingerprint density at radius 3 is 1.91 bits per heavy atom. The molecule has 11 heteroatoms. The van der Waals surface area contributed by atoms with Gasteiger partial charge in [-0.25, -0.2) is 0 Å². The second-order valence-electron chi connectivity index (χ2n) is 4.61. The Morgan fingerprint density at radius 1 is 0.913 bits per heavy atom. The SMILES string of the molecule is O=S(=O)(O)c1cc(O)c2c(NCCO)cc(S(=O)(=O)O)cc2c1. The number of benzene rings is 2. The van der Waals surface area contributed by atoms with Crippen molar-refractivity contribution in [3.8, 4) is 5.75 Å². The molecule has 2 rings (SSSR count). The molecule has 0 saturated carbocycles. The Bertz CT molecular complexity index is 961. The van der Waals surface area contributed by atoms with Gasteiger partial charge in [-0.3, -0.25) is 9.11 Å². The minimum absolute atomic E-state index is 0.0174. The van der Waals surface area contributed by atoms with Crippen LogP contribution in [-0.2, 0) is 20.2 Å². The van der Waals surface area contributed by atoms with Crippen LogP contribution in [0.4, 0.5) is 5.69 Å². The molecule has 0 saturated heterocycles. The van der Waals surface area contributed by atoms with Gasteiger partial charge >= 0.3 is 0 Å². The molecule has 0 aliphatic carbocycles. The zero-order valence-electron chi connectivity index (χ0n) is 11.5. The first-order valence-corrected chi connectivity index (χ1v) is 9.02. The lowest BCUT2D eigenvalue weighted by atomic mass is 10.1. The zero-order chi connectivity index (χ0) is 17.4. The van der Waals surface area contributed by atoms with Gasteiger partial charge in [0.25, 0.3) is 20.2 Å². The van der Waals surface area contributed by atoms with Crippen molar-refractivity contribution >= 4 is 36.7 Å². The molecular weight excluding hydrogens is 350 g/mol. The highest BCUT2D eigenvalue weighted by Crippen LogP contribution is 2.36. The fraction of sp³-hybridized carbons (Fsp3) is 0.167. The number of aromatic hydroxyl groups is 1. The average Bonchev–Trinajstić information content (AvgIpc) is 2.42. The first-order valence-electron chi connectivity index (χ1n) is 6.14. The summed E-state index contributed by atoms with van der Waals surface area (Å²) < 4.78 is 63.2. The Balaban J connectivity index is 2.87. The second-order valence-corrected chi connectivity index (χ2v) is 7.45. The van der Waals surface area contributed by atoms with Gasteiger partial charge in [-0.15, -0.1) is 0 Å². The highest BCUT2D eigenvalue weighted by Gasteiger charge is 2.19. The molecule has 0 aliphatic heterocycles. The Morgan fingerprint density at radius 2 is 1.43 bits per heavy atom. The Labute approximate surface area is 131 Å². The highest BCUT2D eigenvalue weighted by atomic mass is 32.2. The summed E-state index contributed by atoms with van der Waals surface area (Å²) in [6.45, 7) is -0.273. The molecule has 0 aliphatic rings. The van der Waals surface area contributed by atoms with Gasteiger partial charge in [0.1, 0.15) is 5.75 Å². The monoisotopic (exact) mass is 363 g/mol. The van der Waals surface area contributed by atoms with Crippen LogP contribution in [0.1, 0.15) is 0 Å². The standard InChI is InChI=1S/C12H13NO8S2/c14-2-1-13-10-5-8(22(16,17)18)3-7-4-9(23(19,20)21)6-11(15)12(7)10/h3-6,13-15H,1-2H2,(H,16,17,18)(H,19,20,21). The van der Waals surface area contributed by atoms with E-state index in [0.717, 1.165) is 24.3 Å². The molecule has 0 amide bonds. The molecule has 2 aromatic carbocycles. The highest BCUT2D eigenvalue weighted by molar-refractivity contribution is 7.86. The van der Waals surface area contributed by atoms with E-state index >= 15 is 0 Å². The maximum Gasteiger partial charge on any atom is 0.294 e. The van der Waals surface area contributed by atoms with E-state index in [2.05, 4.69) is 5.32 Å². The molecule has 0 bridgehead atoms. The quantitative estimate of drug-likeness (QED) is 0.475. The number of phenolic OH excluding ortho intramolecular Hbond substituents is 1.